The highest BCUT2D eigenvalue weighted by Crippen LogP contribution is 2.37. The highest BCUT2D eigenvalue weighted by atomic mass is 35.5. The minimum absolute atomic E-state index is 0.246. The summed E-state index contributed by atoms with van der Waals surface area (Å²) in [5.74, 6) is 0.933. The minimum atomic E-state index is -0.246. The van der Waals surface area contributed by atoms with E-state index in [0.717, 1.165) is 12.0 Å². The molecule has 5 nitrogen and oxygen atoms in total. The first-order chi connectivity index (χ1) is 11.7. The predicted octanol–water partition coefficient (Wildman–Crippen LogP) is 3.90. The zero-order valence-electron chi connectivity index (χ0n) is 13.3. The number of amides is 1. The van der Waals surface area contributed by atoms with Crippen LogP contribution in [0.4, 0.5) is 5.69 Å². The van der Waals surface area contributed by atoms with E-state index in [1.807, 2.05) is 12.1 Å². The fourth-order valence-corrected chi connectivity index (χ4v) is 2.64. The summed E-state index contributed by atoms with van der Waals surface area (Å²) < 4.78 is 16.3. The monoisotopic (exact) mass is 347 g/mol. The summed E-state index contributed by atoms with van der Waals surface area (Å²) in [5, 5.41) is 3.22. The van der Waals surface area contributed by atoms with E-state index in [9.17, 15) is 4.79 Å². The molecule has 2 aromatic rings. The lowest BCUT2D eigenvalue weighted by Crippen LogP contribution is -2.13. The van der Waals surface area contributed by atoms with Crippen LogP contribution in [0.1, 0.15) is 22.3 Å². The van der Waals surface area contributed by atoms with Crippen LogP contribution in [-0.2, 0) is 11.3 Å². The molecule has 0 saturated heterocycles. The van der Waals surface area contributed by atoms with Gasteiger partial charge in [-0.3, -0.25) is 4.79 Å². The molecule has 1 heterocycles. The molecule has 0 aromatic heterocycles. The second-order valence-corrected chi connectivity index (χ2v) is 5.82. The first kappa shape index (κ1) is 16.6. The van der Waals surface area contributed by atoms with Gasteiger partial charge in [-0.15, -0.1) is 0 Å². The van der Waals surface area contributed by atoms with Gasteiger partial charge in [-0.25, -0.2) is 0 Å². The van der Waals surface area contributed by atoms with Gasteiger partial charge in [0.25, 0.3) is 5.91 Å². The van der Waals surface area contributed by atoms with Gasteiger partial charge in [-0.1, -0.05) is 23.7 Å². The average Bonchev–Trinajstić information content (AvgIpc) is 2.80. The zero-order chi connectivity index (χ0) is 16.9. The van der Waals surface area contributed by atoms with Gasteiger partial charge in [0.1, 0.15) is 0 Å². The second-order valence-electron chi connectivity index (χ2n) is 5.42. The number of ether oxygens (including phenoxy) is 3. The molecule has 0 saturated carbocycles. The Bertz CT molecular complexity index is 748. The predicted molar refractivity (Wildman–Crippen MR) is 92.2 cm³/mol. The van der Waals surface area contributed by atoms with Crippen LogP contribution in [0.25, 0.3) is 0 Å². The van der Waals surface area contributed by atoms with E-state index in [2.05, 4.69) is 5.32 Å². The number of rotatable bonds is 4. The fraction of sp³-hybridized carbons (Fsp3) is 0.278. The van der Waals surface area contributed by atoms with Crippen LogP contribution >= 0.6 is 11.6 Å². The van der Waals surface area contributed by atoms with Crippen LogP contribution < -0.4 is 14.8 Å². The third kappa shape index (κ3) is 3.80. The van der Waals surface area contributed by atoms with Gasteiger partial charge in [0, 0.05) is 31.2 Å². The molecular formula is C18H18ClNO4. The normalized spacial score (nSPS) is 13.2. The van der Waals surface area contributed by atoms with Gasteiger partial charge in [0.05, 0.1) is 30.5 Å². The number of carbonyl (C=O) groups excluding carboxylic acids is 1. The summed E-state index contributed by atoms with van der Waals surface area (Å²) in [7, 11) is 1.62. The summed E-state index contributed by atoms with van der Waals surface area (Å²) >= 11 is 6.26. The summed E-state index contributed by atoms with van der Waals surface area (Å²) in [4.78, 5) is 12.5. The van der Waals surface area contributed by atoms with Crippen molar-refractivity contribution in [1.29, 1.82) is 0 Å². The molecule has 0 aliphatic carbocycles. The standard InChI is InChI=1S/C18H18ClNO4/c1-22-11-12-4-2-5-13(8-12)18(21)20-15-10-17-16(9-14(15)19)23-6-3-7-24-17/h2,4-5,8-10H,3,6-7,11H2,1H3,(H,20,21). The van der Waals surface area contributed by atoms with E-state index in [1.54, 1.807) is 31.4 Å². The quantitative estimate of drug-likeness (QED) is 0.911. The van der Waals surface area contributed by atoms with Crippen LogP contribution in [0.2, 0.25) is 5.02 Å². The van der Waals surface area contributed by atoms with E-state index in [-0.39, 0.29) is 5.91 Å². The Kier molecular flexibility index (Phi) is 5.23. The minimum Gasteiger partial charge on any atom is -0.490 e. The summed E-state index contributed by atoms with van der Waals surface area (Å²) in [5.41, 5.74) is 1.95. The molecular weight excluding hydrogens is 330 g/mol. The Morgan fingerprint density at radius 3 is 2.71 bits per heavy atom. The number of anilines is 1. The smallest absolute Gasteiger partial charge is 0.255 e. The first-order valence-electron chi connectivity index (χ1n) is 7.66. The molecule has 3 rings (SSSR count). The molecule has 126 valence electrons. The molecule has 0 bridgehead atoms. The molecule has 0 spiro atoms. The zero-order valence-corrected chi connectivity index (χ0v) is 14.1. The summed E-state index contributed by atoms with van der Waals surface area (Å²) in [6, 6.07) is 10.6. The van der Waals surface area contributed by atoms with Crippen molar-refractivity contribution < 1.29 is 19.0 Å². The first-order valence-corrected chi connectivity index (χ1v) is 8.03. The van der Waals surface area contributed by atoms with Crippen LogP contribution in [0.3, 0.4) is 0 Å². The molecule has 0 fully saturated rings. The van der Waals surface area contributed by atoms with E-state index >= 15 is 0 Å². The van der Waals surface area contributed by atoms with Crippen molar-refractivity contribution in [1.82, 2.24) is 0 Å². The number of carbonyl (C=O) groups is 1. The van der Waals surface area contributed by atoms with Crippen molar-refractivity contribution in [2.75, 3.05) is 25.6 Å². The average molecular weight is 348 g/mol. The topological polar surface area (TPSA) is 56.8 Å². The number of hydrogen-bond donors (Lipinski definition) is 1. The maximum absolute atomic E-state index is 12.5. The van der Waals surface area contributed by atoms with Gasteiger partial charge < -0.3 is 19.5 Å². The van der Waals surface area contributed by atoms with Crippen LogP contribution in [-0.4, -0.2) is 26.2 Å². The number of halogens is 1. The Hall–Kier alpha value is -2.24. The number of hydrogen-bond acceptors (Lipinski definition) is 4. The highest BCUT2D eigenvalue weighted by molar-refractivity contribution is 6.34. The second kappa shape index (κ2) is 7.55. The molecule has 1 aliphatic rings. The number of fused-ring (bicyclic) bond motifs is 1. The van der Waals surface area contributed by atoms with Crippen molar-refractivity contribution in [3.05, 3.63) is 52.5 Å². The maximum Gasteiger partial charge on any atom is 0.255 e. The number of benzene rings is 2. The Morgan fingerprint density at radius 2 is 1.96 bits per heavy atom. The molecule has 1 aliphatic heterocycles. The molecule has 1 amide bonds. The van der Waals surface area contributed by atoms with Crippen molar-refractivity contribution in [3.8, 4) is 11.5 Å². The molecule has 2 aromatic carbocycles. The van der Waals surface area contributed by atoms with Gasteiger partial charge in [-0.05, 0) is 17.7 Å². The molecule has 0 atom stereocenters. The molecule has 24 heavy (non-hydrogen) atoms. The van der Waals surface area contributed by atoms with Gasteiger partial charge in [0.15, 0.2) is 11.5 Å². The third-order valence-corrected chi connectivity index (χ3v) is 3.90. The van der Waals surface area contributed by atoms with Crippen molar-refractivity contribution in [3.63, 3.8) is 0 Å². The van der Waals surface area contributed by atoms with Crippen molar-refractivity contribution in [2.24, 2.45) is 0 Å². The van der Waals surface area contributed by atoms with Crippen molar-refractivity contribution >= 4 is 23.2 Å². The Morgan fingerprint density at radius 1 is 1.21 bits per heavy atom. The number of nitrogens with one attached hydrogen (secondary N) is 1. The summed E-state index contributed by atoms with van der Waals surface area (Å²) in [6.45, 7) is 1.61. The maximum atomic E-state index is 12.5. The Balaban J connectivity index is 1.81. The lowest BCUT2D eigenvalue weighted by atomic mass is 10.1. The molecule has 0 unspecified atom stereocenters. The van der Waals surface area contributed by atoms with E-state index < -0.39 is 0 Å². The lowest BCUT2D eigenvalue weighted by Gasteiger charge is -2.13. The molecule has 0 radical (unpaired) electrons. The highest BCUT2D eigenvalue weighted by Gasteiger charge is 2.16. The van der Waals surface area contributed by atoms with Crippen molar-refractivity contribution in [2.45, 2.75) is 13.0 Å². The van der Waals surface area contributed by atoms with E-state index in [4.69, 9.17) is 25.8 Å². The SMILES string of the molecule is COCc1cccc(C(=O)Nc2cc3c(cc2Cl)OCCCO3)c1. The van der Waals surface area contributed by atoms with Gasteiger partial charge >= 0.3 is 0 Å². The molecule has 6 heteroatoms. The lowest BCUT2D eigenvalue weighted by molar-refractivity contribution is 0.102. The number of methoxy groups -OCH3 is 1. The largest absolute Gasteiger partial charge is 0.490 e. The van der Waals surface area contributed by atoms with E-state index in [0.29, 0.717) is 47.6 Å². The van der Waals surface area contributed by atoms with Gasteiger partial charge in [0.2, 0.25) is 0 Å². The molecule has 1 N–H and O–H groups in total. The fourth-order valence-electron chi connectivity index (χ4n) is 2.44. The Labute approximate surface area is 145 Å². The van der Waals surface area contributed by atoms with Crippen LogP contribution in [0.15, 0.2) is 36.4 Å². The van der Waals surface area contributed by atoms with Crippen LogP contribution in [0, 0.1) is 0 Å². The van der Waals surface area contributed by atoms with E-state index in [1.165, 1.54) is 0 Å². The third-order valence-electron chi connectivity index (χ3n) is 3.59. The van der Waals surface area contributed by atoms with Gasteiger partial charge in [-0.2, -0.15) is 0 Å². The van der Waals surface area contributed by atoms with Crippen LogP contribution in [0.5, 0.6) is 11.5 Å². The summed E-state index contributed by atoms with van der Waals surface area (Å²) in [6.07, 6.45) is 0.806.